The molecule has 1 amide bonds. The second-order valence-electron chi connectivity index (χ2n) is 4.52. The topological polar surface area (TPSA) is 55.1 Å². The highest BCUT2D eigenvalue weighted by Gasteiger charge is 2.18. The van der Waals surface area contributed by atoms with Gasteiger partial charge < -0.3 is 11.1 Å². The molecule has 2 aromatic rings. The van der Waals surface area contributed by atoms with Crippen molar-refractivity contribution in [1.29, 1.82) is 0 Å². The van der Waals surface area contributed by atoms with E-state index in [1.165, 1.54) is 11.3 Å². The Morgan fingerprint density at radius 1 is 1.55 bits per heavy atom. The molecule has 3 N–H and O–H groups in total. The lowest BCUT2D eigenvalue weighted by molar-refractivity contribution is 0.0948. The van der Waals surface area contributed by atoms with E-state index >= 15 is 0 Å². The molecule has 1 aromatic carbocycles. The molecule has 1 aromatic heterocycles. The summed E-state index contributed by atoms with van der Waals surface area (Å²) in [7, 11) is 0. The Bertz CT molecular complexity index is 627. The van der Waals surface area contributed by atoms with Crippen molar-refractivity contribution in [3.05, 3.63) is 28.1 Å². The van der Waals surface area contributed by atoms with Gasteiger partial charge >= 0.3 is 0 Å². The summed E-state index contributed by atoms with van der Waals surface area (Å²) in [6.07, 6.45) is 0. The highest BCUT2D eigenvalue weighted by Crippen LogP contribution is 2.35. The van der Waals surface area contributed by atoms with Crippen molar-refractivity contribution >= 4 is 56.4 Å². The molecule has 2 rings (SSSR count). The standard InChI is InChI=1S/C14H17ClN2OS2/c1-3-19-7-8(2)17-14(18)13-12(16)10-5-4-9(15)6-11(10)20-13/h4-6,8H,3,7,16H2,1-2H3,(H,17,18). The molecule has 0 aliphatic carbocycles. The van der Waals surface area contributed by atoms with Gasteiger partial charge in [-0.3, -0.25) is 4.79 Å². The number of nitrogen functional groups attached to an aromatic ring is 1. The van der Waals surface area contributed by atoms with Gasteiger partial charge in [-0.25, -0.2) is 0 Å². The third-order valence-electron chi connectivity index (χ3n) is 2.85. The Morgan fingerprint density at radius 3 is 3.00 bits per heavy atom. The first-order valence-electron chi connectivity index (χ1n) is 6.39. The van der Waals surface area contributed by atoms with Crippen LogP contribution in [0.15, 0.2) is 18.2 Å². The van der Waals surface area contributed by atoms with Gasteiger partial charge in [0.1, 0.15) is 4.88 Å². The number of hydrogen-bond donors (Lipinski definition) is 2. The van der Waals surface area contributed by atoms with Crippen LogP contribution in [0.2, 0.25) is 5.02 Å². The van der Waals surface area contributed by atoms with Crippen LogP contribution in [0.5, 0.6) is 0 Å². The van der Waals surface area contributed by atoms with E-state index in [0.717, 1.165) is 21.6 Å². The normalized spacial score (nSPS) is 12.6. The second kappa shape index (κ2) is 6.70. The summed E-state index contributed by atoms with van der Waals surface area (Å²) in [5.74, 6) is 1.84. The number of amides is 1. The molecule has 108 valence electrons. The van der Waals surface area contributed by atoms with Gasteiger partial charge in [-0.15, -0.1) is 11.3 Å². The van der Waals surface area contributed by atoms with Crippen molar-refractivity contribution in [2.24, 2.45) is 0 Å². The number of hydrogen-bond acceptors (Lipinski definition) is 4. The van der Waals surface area contributed by atoms with Gasteiger partial charge in [0.2, 0.25) is 0 Å². The molecule has 6 heteroatoms. The first kappa shape index (κ1) is 15.5. The van der Waals surface area contributed by atoms with Crippen molar-refractivity contribution in [3.63, 3.8) is 0 Å². The minimum absolute atomic E-state index is 0.107. The number of nitrogens with one attached hydrogen (secondary N) is 1. The summed E-state index contributed by atoms with van der Waals surface area (Å²) >= 11 is 9.15. The van der Waals surface area contributed by atoms with Crippen LogP contribution in [-0.2, 0) is 0 Å². The molecule has 0 fully saturated rings. The molecule has 3 nitrogen and oxygen atoms in total. The van der Waals surface area contributed by atoms with Crippen molar-refractivity contribution in [2.75, 3.05) is 17.2 Å². The smallest absolute Gasteiger partial charge is 0.263 e. The quantitative estimate of drug-likeness (QED) is 0.872. The molecule has 1 heterocycles. The molecule has 1 atom stereocenters. The number of halogens is 1. The molecule has 1 unspecified atom stereocenters. The highest BCUT2D eigenvalue weighted by atomic mass is 35.5. The Kier molecular flexibility index (Phi) is 5.18. The van der Waals surface area contributed by atoms with Crippen molar-refractivity contribution in [3.8, 4) is 0 Å². The monoisotopic (exact) mass is 328 g/mol. The van der Waals surface area contributed by atoms with Gasteiger partial charge in [-0.1, -0.05) is 18.5 Å². The molecule has 20 heavy (non-hydrogen) atoms. The third-order valence-corrected chi connectivity index (χ3v) is 5.39. The Labute approximate surface area is 131 Å². The highest BCUT2D eigenvalue weighted by molar-refractivity contribution is 7.99. The Hall–Kier alpha value is -0.910. The maximum atomic E-state index is 12.3. The van der Waals surface area contributed by atoms with E-state index in [1.54, 1.807) is 17.8 Å². The first-order valence-corrected chi connectivity index (χ1v) is 8.74. The van der Waals surface area contributed by atoms with Gasteiger partial charge in [0.05, 0.1) is 5.69 Å². The van der Waals surface area contributed by atoms with Crippen molar-refractivity contribution in [1.82, 2.24) is 5.32 Å². The maximum Gasteiger partial charge on any atom is 0.263 e. The van der Waals surface area contributed by atoms with E-state index < -0.39 is 0 Å². The van der Waals surface area contributed by atoms with E-state index in [2.05, 4.69) is 12.2 Å². The molecular formula is C14H17ClN2OS2. The van der Waals surface area contributed by atoms with Gasteiger partial charge in [-0.2, -0.15) is 11.8 Å². The summed E-state index contributed by atoms with van der Waals surface area (Å²) in [6, 6.07) is 5.61. The molecule has 0 saturated carbocycles. The van der Waals surface area contributed by atoms with Gasteiger partial charge in [0, 0.05) is 26.9 Å². The summed E-state index contributed by atoms with van der Waals surface area (Å²) in [5, 5.41) is 4.53. The van der Waals surface area contributed by atoms with Crippen LogP contribution in [0.1, 0.15) is 23.5 Å². The SMILES string of the molecule is CCSCC(C)NC(=O)c1sc2cc(Cl)ccc2c1N. The number of benzene rings is 1. The zero-order valence-electron chi connectivity index (χ0n) is 11.4. The van der Waals surface area contributed by atoms with Gasteiger partial charge in [0.15, 0.2) is 0 Å². The number of thiophene rings is 1. The third kappa shape index (κ3) is 3.40. The molecule has 0 aliphatic rings. The summed E-state index contributed by atoms with van der Waals surface area (Å²) in [5.41, 5.74) is 6.60. The van der Waals surface area contributed by atoms with Crippen LogP contribution in [0.25, 0.3) is 10.1 Å². The number of rotatable bonds is 5. The van der Waals surface area contributed by atoms with E-state index in [1.807, 2.05) is 19.1 Å². The fraction of sp³-hybridized carbons (Fsp3) is 0.357. The van der Waals surface area contributed by atoms with Gasteiger partial charge in [-0.05, 0) is 30.9 Å². The predicted molar refractivity (Wildman–Crippen MR) is 91.2 cm³/mol. The lowest BCUT2D eigenvalue weighted by Crippen LogP contribution is -2.34. The van der Waals surface area contributed by atoms with Crippen LogP contribution in [0.3, 0.4) is 0 Å². The number of fused-ring (bicyclic) bond motifs is 1. The zero-order chi connectivity index (χ0) is 14.7. The maximum absolute atomic E-state index is 12.3. The zero-order valence-corrected chi connectivity index (χ0v) is 13.8. The summed E-state index contributed by atoms with van der Waals surface area (Å²) in [4.78, 5) is 12.8. The fourth-order valence-corrected chi connectivity index (χ4v) is 3.86. The van der Waals surface area contributed by atoms with Crippen LogP contribution in [-0.4, -0.2) is 23.5 Å². The number of carbonyl (C=O) groups excluding carboxylic acids is 1. The van der Waals surface area contributed by atoms with E-state index in [-0.39, 0.29) is 11.9 Å². The molecule has 0 spiro atoms. The molecular weight excluding hydrogens is 312 g/mol. The largest absolute Gasteiger partial charge is 0.397 e. The Morgan fingerprint density at radius 2 is 2.30 bits per heavy atom. The molecule has 0 bridgehead atoms. The molecule has 0 radical (unpaired) electrons. The van der Waals surface area contributed by atoms with Crippen LogP contribution in [0.4, 0.5) is 5.69 Å². The van der Waals surface area contributed by atoms with Crippen molar-refractivity contribution < 1.29 is 4.79 Å². The molecule has 0 saturated heterocycles. The Balaban J connectivity index is 2.20. The van der Waals surface area contributed by atoms with E-state index in [9.17, 15) is 4.79 Å². The minimum atomic E-state index is -0.107. The van der Waals surface area contributed by atoms with E-state index in [0.29, 0.717) is 15.6 Å². The van der Waals surface area contributed by atoms with Crippen LogP contribution >= 0.6 is 34.7 Å². The first-order chi connectivity index (χ1) is 9.52. The van der Waals surface area contributed by atoms with Gasteiger partial charge in [0.25, 0.3) is 5.91 Å². The predicted octanol–water partition coefficient (Wildman–Crippen LogP) is 4.01. The number of carbonyl (C=O) groups is 1. The minimum Gasteiger partial charge on any atom is -0.397 e. The summed E-state index contributed by atoms with van der Waals surface area (Å²) in [6.45, 7) is 4.11. The lowest BCUT2D eigenvalue weighted by atomic mass is 10.2. The number of anilines is 1. The number of thioether (sulfide) groups is 1. The fourth-order valence-electron chi connectivity index (χ4n) is 1.88. The van der Waals surface area contributed by atoms with Crippen LogP contribution in [0, 0.1) is 0 Å². The second-order valence-corrected chi connectivity index (χ2v) is 7.33. The molecule has 0 aliphatic heterocycles. The lowest BCUT2D eigenvalue weighted by Gasteiger charge is -2.12. The van der Waals surface area contributed by atoms with Crippen LogP contribution < -0.4 is 11.1 Å². The summed E-state index contributed by atoms with van der Waals surface area (Å²) < 4.78 is 0.940. The number of nitrogens with two attached hydrogens (primary N) is 1. The van der Waals surface area contributed by atoms with E-state index in [4.69, 9.17) is 17.3 Å². The average molecular weight is 329 g/mol. The van der Waals surface area contributed by atoms with Crippen molar-refractivity contribution in [2.45, 2.75) is 19.9 Å². The average Bonchev–Trinajstić information content (AvgIpc) is 2.73.